The summed E-state index contributed by atoms with van der Waals surface area (Å²) in [6.45, 7) is 1.15. The Morgan fingerprint density at radius 2 is 1.40 bits per heavy atom. The molecular weight excluding hydrogens is 795 g/mol. The molecule has 5 aromatic rings. The van der Waals surface area contributed by atoms with Crippen molar-refractivity contribution in [2.45, 2.75) is 12.1 Å². The monoisotopic (exact) mass is 828 g/mol. The normalized spacial score (nSPS) is 13.1. The van der Waals surface area contributed by atoms with Crippen LogP contribution in [0.3, 0.4) is 0 Å². The largest absolute Gasteiger partial charge is 0.508 e. The Kier molecular flexibility index (Phi) is 11.8. The van der Waals surface area contributed by atoms with E-state index in [4.69, 9.17) is 54.4 Å². The summed E-state index contributed by atoms with van der Waals surface area (Å²) in [7, 11) is 0. The maximum absolute atomic E-state index is 13.4. The van der Waals surface area contributed by atoms with Crippen LogP contribution in [0.25, 0.3) is 0 Å². The van der Waals surface area contributed by atoms with Gasteiger partial charge in [-0.2, -0.15) is 0 Å². The molecule has 6 N–H and O–H groups in total. The molecule has 13 nitrogen and oxygen atoms in total. The van der Waals surface area contributed by atoms with Gasteiger partial charge in [0.25, 0.3) is 5.91 Å². The SMILES string of the molecule is O=C(COCCOCCNC(=S)Nc1ccc2c(c1)C(=O)OC21c2ccc(O)cc2Oc2cc(O)ccc21)Nc1ccc(C(=O)NCc2ccc(Cl)cc2Cl)cc1. The minimum atomic E-state index is -1.36. The van der Waals surface area contributed by atoms with Crippen LogP contribution in [0.15, 0.2) is 97.1 Å². The van der Waals surface area contributed by atoms with Gasteiger partial charge in [-0.1, -0.05) is 35.3 Å². The lowest BCUT2D eigenvalue weighted by molar-refractivity contribution is -0.121. The second-order valence-corrected chi connectivity index (χ2v) is 14.1. The fourth-order valence-corrected chi connectivity index (χ4v) is 7.12. The molecule has 7 rings (SSSR count). The first-order valence-electron chi connectivity index (χ1n) is 17.6. The summed E-state index contributed by atoms with van der Waals surface area (Å²) in [4.78, 5) is 38.2. The lowest BCUT2D eigenvalue weighted by Gasteiger charge is -2.36. The number of anilines is 2. The Labute approximate surface area is 341 Å². The van der Waals surface area contributed by atoms with E-state index in [2.05, 4.69) is 21.3 Å². The van der Waals surface area contributed by atoms with Gasteiger partial charge < -0.3 is 50.4 Å². The van der Waals surface area contributed by atoms with E-state index in [-0.39, 0.29) is 49.7 Å². The lowest BCUT2D eigenvalue weighted by atomic mass is 9.77. The van der Waals surface area contributed by atoms with Crippen molar-refractivity contribution in [3.05, 3.63) is 140 Å². The van der Waals surface area contributed by atoms with E-state index in [9.17, 15) is 24.6 Å². The highest BCUT2D eigenvalue weighted by atomic mass is 35.5. The molecule has 0 radical (unpaired) electrons. The van der Waals surface area contributed by atoms with E-state index in [1.54, 1.807) is 72.8 Å². The third kappa shape index (κ3) is 8.75. The van der Waals surface area contributed by atoms with E-state index >= 15 is 0 Å². The molecule has 1 spiro atoms. The number of amides is 2. The van der Waals surface area contributed by atoms with Crippen molar-refractivity contribution in [3.8, 4) is 23.0 Å². The average Bonchev–Trinajstić information content (AvgIpc) is 3.46. The summed E-state index contributed by atoms with van der Waals surface area (Å²) in [6.07, 6.45) is 0. The molecule has 2 aliphatic heterocycles. The minimum absolute atomic E-state index is 0.0275. The van der Waals surface area contributed by atoms with Gasteiger partial charge in [-0.05, 0) is 90.6 Å². The number of aromatic hydroxyl groups is 2. The molecule has 0 saturated heterocycles. The Balaban J connectivity index is 0.816. The number of carbonyl (C=O) groups is 3. The number of hydrogen-bond acceptors (Lipinski definition) is 10. The minimum Gasteiger partial charge on any atom is -0.508 e. The number of phenolic OH excluding ortho intramolecular Hbond substituents is 2. The van der Waals surface area contributed by atoms with Gasteiger partial charge >= 0.3 is 5.97 Å². The molecule has 0 atom stereocenters. The Morgan fingerprint density at radius 3 is 2.11 bits per heavy atom. The standard InChI is InChI=1S/C41H34Cl2N4O9S/c42-25-4-1-24(34(43)17-25)21-45-38(51)23-2-5-26(6-3-23)46-37(50)22-54-16-15-53-14-13-44-40(57)47-27-7-10-31-30(18-27)39(52)56-41(31)32-11-8-28(48)19-35(32)55-36-20-29(49)9-12-33(36)41/h1-12,17-20,48-49H,13-16,21-22H2,(H,45,51)(H,46,50)(H2,44,47,57). The van der Waals surface area contributed by atoms with Gasteiger partial charge in [0, 0.05) is 68.9 Å². The summed E-state index contributed by atoms with van der Waals surface area (Å²) in [5.41, 5.74) is 2.80. The second kappa shape index (κ2) is 17.1. The molecule has 0 bridgehead atoms. The third-order valence-electron chi connectivity index (χ3n) is 9.05. The van der Waals surface area contributed by atoms with E-state index in [0.29, 0.717) is 79.0 Å². The molecule has 2 heterocycles. The van der Waals surface area contributed by atoms with Crippen LogP contribution >= 0.6 is 35.4 Å². The first-order valence-corrected chi connectivity index (χ1v) is 18.7. The van der Waals surface area contributed by atoms with Crippen LogP contribution in [-0.2, 0) is 31.2 Å². The zero-order chi connectivity index (χ0) is 40.1. The summed E-state index contributed by atoms with van der Waals surface area (Å²) in [5, 5.41) is 33.2. The van der Waals surface area contributed by atoms with Crippen molar-refractivity contribution < 1.29 is 43.5 Å². The van der Waals surface area contributed by atoms with Crippen LogP contribution in [-0.4, -0.2) is 66.1 Å². The highest BCUT2D eigenvalue weighted by Gasteiger charge is 2.53. The summed E-state index contributed by atoms with van der Waals surface area (Å²) in [5.74, 6) is -0.683. The number of thiocarbonyl (C=S) groups is 1. The molecule has 0 aliphatic carbocycles. The maximum atomic E-state index is 13.4. The number of halogens is 2. The first kappa shape index (κ1) is 39.3. The fraction of sp³-hybridized carbons (Fsp3) is 0.171. The lowest BCUT2D eigenvalue weighted by Crippen LogP contribution is -2.33. The topological polar surface area (TPSA) is 177 Å². The molecule has 16 heteroatoms. The molecule has 0 aromatic heterocycles. The zero-order valence-electron chi connectivity index (χ0n) is 29.9. The molecule has 5 aromatic carbocycles. The van der Waals surface area contributed by atoms with Crippen LogP contribution in [0.4, 0.5) is 11.4 Å². The van der Waals surface area contributed by atoms with Crippen LogP contribution in [0, 0.1) is 0 Å². The number of rotatable bonds is 13. The number of benzene rings is 5. The molecule has 0 unspecified atom stereocenters. The van der Waals surface area contributed by atoms with Gasteiger partial charge in [0.1, 0.15) is 29.6 Å². The van der Waals surface area contributed by atoms with Gasteiger partial charge in [-0.25, -0.2) is 4.79 Å². The number of carbonyl (C=O) groups excluding carboxylic acids is 3. The van der Waals surface area contributed by atoms with Crippen LogP contribution in [0.5, 0.6) is 23.0 Å². The number of esters is 1. The predicted molar refractivity (Wildman–Crippen MR) is 217 cm³/mol. The molecule has 2 aliphatic rings. The maximum Gasteiger partial charge on any atom is 0.340 e. The first-order chi connectivity index (χ1) is 27.5. The van der Waals surface area contributed by atoms with Crippen LogP contribution in [0.2, 0.25) is 10.0 Å². The Bertz CT molecular complexity index is 2330. The van der Waals surface area contributed by atoms with Crippen molar-refractivity contribution in [3.63, 3.8) is 0 Å². The van der Waals surface area contributed by atoms with Gasteiger partial charge in [0.2, 0.25) is 5.91 Å². The summed E-state index contributed by atoms with van der Waals surface area (Å²) < 4.78 is 23.1. The average molecular weight is 830 g/mol. The molecule has 2 amide bonds. The molecular formula is C41H34Cl2N4O9S. The quantitative estimate of drug-likeness (QED) is 0.0414. The van der Waals surface area contributed by atoms with Gasteiger partial charge in [-0.3, -0.25) is 9.59 Å². The second-order valence-electron chi connectivity index (χ2n) is 12.9. The highest BCUT2D eigenvalue weighted by molar-refractivity contribution is 7.80. The van der Waals surface area contributed by atoms with Crippen molar-refractivity contribution in [1.29, 1.82) is 0 Å². The fourth-order valence-electron chi connectivity index (χ4n) is 6.42. The molecule has 57 heavy (non-hydrogen) atoms. The van der Waals surface area contributed by atoms with Gasteiger partial charge in [0.05, 0.1) is 25.4 Å². The Morgan fingerprint density at radius 1 is 0.737 bits per heavy atom. The van der Waals surface area contributed by atoms with Crippen molar-refractivity contribution in [1.82, 2.24) is 10.6 Å². The number of hydrogen-bond donors (Lipinski definition) is 6. The van der Waals surface area contributed by atoms with Crippen molar-refractivity contribution in [2.75, 3.05) is 43.6 Å². The van der Waals surface area contributed by atoms with E-state index in [1.165, 1.54) is 24.3 Å². The van der Waals surface area contributed by atoms with Crippen molar-refractivity contribution in [2.24, 2.45) is 0 Å². The number of nitrogens with one attached hydrogen (secondary N) is 4. The van der Waals surface area contributed by atoms with Crippen LogP contribution < -0.4 is 26.0 Å². The van der Waals surface area contributed by atoms with Crippen LogP contribution in [0.1, 0.15) is 43.0 Å². The summed E-state index contributed by atoms with van der Waals surface area (Å²) >= 11 is 17.5. The molecule has 292 valence electrons. The van der Waals surface area contributed by atoms with Gasteiger partial charge in [0.15, 0.2) is 10.7 Å². The Hall–Kier alpha value is -5.90. The summed E-state index contributed by atoms with van der Waals surface area (Å²) in [6, 6.07) is 25.8. The van der Waals surface area contributed by atoms with E-state index in [0.717, 1.165) is 5.56 Å². The van der Waals surface area contributed by atoms with E-state index in [1.807, 2.05) is 0 Å². The predicted octanol–water partition coefficient (Wildman–Crippen LogP) is 6.86. The number of phenols is 2. The zero-order valence-corrected chi connectivity index (χ0v) is 32.2. The van der Waals surface area contributed by atoms with E-state index < -0.39 is 11.6 Å². The third-order valence-corrected chi connectivity index (χ3v) is 9.89. The molecule has 0 saturated carbocycles. The number of ether oxygens (including phenoxy) is 4. The number of fused-ring (bicyclic) bond motifs is 6. The van der Waals surface area contributed by atoms with Crippen molar-refractivity contribution >= 4 is 69.7 Å². The smallest absolute Gasteiger partial charge is 0.340 e. The van der Waals surface area contributed by atoms with Gasteiger partial charge in [-0.15, -0.1) is 0 Å². The highest BCUT2D eigenvalue weighted by Crippen LogP contribution is 2.57. The molecule has 0 fully saturated rings.